The second-order valence-electron chi connectivity index (χ2n) is 6.90. The number of rotatable bonds is 4. The Labute approximate surface area is 124 Å². The van der Waals surface area contributed by atoms with Crippen molar-refractivity contribution in [1.29, 1.82) is 0 Å². The van der Waals surface area contributed by atoms with Gasteiger partial charge in [-0.15, -0.1) is 0 Å². The molecule has 20 heavy (non-hydrogen) atoms. The largest absolute Gasteiger partial charge is 0.316 e. The third-order valence-corrected chi connectivity index (χ3v) is 5.48. The third kappa shape index (κ3) is 3.37. The van der Waals surface area contributed by atoms with Crippen LogP contribution in [0.2, 0.25) is 0 Å². The maximum atomic E-state index is 13.6. The molecule has 0 aromatic carbocycles. The lowest BCUT2D eigenvalue weighted by atomic mass is 9.84. The molecule has 2 atom stereocenters. The van der Waals surface area contributed by atoms with E-state index in [1.165, 1.54) is 50.5 Å². The molecule has 0 amide bonds. The normalized spacial score (nSPS) is 30.4. The quantitative estimate of drug-likeness (QED) is 0.863. The van der Waals surface area contributed by atoms with Crippen LogP contribution in [0, 0.1) is 11.3 Å². The van der Waals surface area contributed by atoms with Gasteiger partial charge in [0.15, 0.2) is 5.00 Å². The molecular formula is C15H24FN3S. The van der Waals surface area contributed by atoms with Gasteiger partial charge in [0.25, 0.3) is 0 Å². The monoisotopic (exact) mass is 297 g/mol. The van der Waals surface area contributed by atoms with E-state index in [1.807, 2.05) is 10.9 Å². The Morgan fingerprint density at radius 1 is 1.55 bits per heavy atom. The van der Waals surface area contributed by atoms with Crippen molar-refractivity contribution in [2.24, 2.45) is 11.3 Å². The molecule has 1 saturated carbocycles. The molecule has 1 aromatic heterocycles. The first-order valence-electron chi connectivity index (χ1n) is 7.55. The van der Waals surface area contributed by atoms with Crippen LogP contribution >= 0.6 is 11.8 Å². The number of hydrogen-bond donors (Lipinski definition) is 1. The fraction of sp³-hybridized carbons (Fsp3) is 0.800. The molecule has 1 saturated heterocycles. The second kappa shape index (κ2) is 5.34. The minimum atomic E-state index is -1.24. The lowest BCUT2D eigenvalue weighted by Gasteiger charge is -2.21. The molecule has 112 valence electrons. The lowest BCUT2D eigenvalue weighted by Crippen LogP contribution is -2.21. The summed E-state index contributed by atoms with van der Waals surface area (Å²) in [6, 6.07) is 0. The molecule has 5 heteroatoms. The summed E-state index contributed by atoms with van der Waals surface area (Å²) in [5.74, 6) is 0.728. The van der Waals surface area contributed by atoms with Gasteiger partial charge in [0.1, 0.15) is 0 Å². The van der Waals surface area contributed by atoms with Gasteiger partial charge < -0.3 is 5.32 Å². The van der Waals surface area contributed by atoms with E-state index in [2.05, 4.69) is 10.4 Å². The summed E-state index contributed by atoms with van der Waals surface area (Å²) < 4.78 is 15.6. The predicted octanol–water partition coefficient (Wildman–Crippen LogP) is 3.46. The van der Waals surface area contributed by atoms with Crippen molar-refractivity contribution >= 4 is 11.8 Å². The van der Waals surface area contributed by atoms with E-state index in [9.17, 15) is 4.39 Å². The molecule has 2 heterocycles. The molecule has 1 aromatic rings. The Morgan fingerprint density at radius 2 is 2.40 bits per heavy atom. The zero-order valence-corrected chi connectivity index (χ0v) is 13.2. The van der Waals surface area contributed by atoms with E-state index in [0.717, 1.165) is 17.4 Å². The molecule has 2 unspecified atom stereocenters. The van der Waals surface area contributed by atoms with Crippen LogP contribution < -0.4 is 5.32 Å². The standard InChI is InChI=1S/C15H24FN3S/c1-14(2,16)20-13-8-18-19(10-13)9-12-3-4-15(7-12)5-6-17-11-15/h8,10,12,17H,3-7,9,11H2,1-2H3. The number of hydrogen-bond acceptors (Lipinski definition) is 3. The Hall–Kier alpha value is -0.550. The Morgan fingerprint density at radius 3 is 3.10 bits per heavy atom. The molecule has 2 aliphatic rings. The molecule has 1 aliphatic carbocycles. The van der Waals surface area contributed by atoms with E-state index in [4.69, 9.17) is 0 Å². The maximum Gasteiger partial charge on any atom is 0.155 e. The zero-order valence-electron chi connectivity index (χ0n) is 12.4. The predicted molar refractivity (Wildman–Crippen MR) is 80.5 cm³/mol. The van der Waals surface area contributed by atoms with Gasteiger partial charge in [-0.25, -0.2) is 4.39 Å². The van der Waals surface area contributed by atoms with E-state index in [0.29, 0.717) is 5.41 Å². The average Bonchev–Trinajstić information content (AvgIpc) is 3.03. The summed E-state index contributed by atoms with van der Waals surface area (Å²) in [5.41, 5.74) is 0.566. The molecular weight excluding hydrogens is 273 g/mol. The first kappa shape index (κ1) is 14.4. The first-order valence-corrected chi connectivity index (χ1v) is 8.37. The number of nitrogens with one attached hydrogen (secondary N) is 1. The fourth-order valence-corrected chi connectivity index (χ4v) is 4.54. The Balaban J connectivity index is 1.56. The summed E-state index contributed by atoms with van der Waals surface area (Å²) in [7, 11) is 0. The number of alkyl halides is 1. The highest BCUT2D eigenvalue weighted by Crippen LogP contribution is 2.46. The maximum absolute atomic E-state index is 13.6. The number of halogens is 1. The van der Waals surface area contributed by atoms with Crippen molar-refractivity contribution in [3.63, 3.8) is 0 Å². The van der Waals surface area contributed by atoms with E-state index >= 15 is 0 Å². The van der Waals surface area contributed by atoms with Crippen molar-refractivity contribution in [2.45, 2.75) is 56.0 Å². The molecule has 1 spiro atoms. The summed E-state index contributed by atoms with van der Waals surface area (Å²) in [5, 5.41) is 6.66. The SMILES string of the molecule is CC(C)(F)Sc1cnn(CC2CCC3(CCNC3)C2)c1. The summed E-state index contributed by atoms with van der Waals surface area (Å²) >= 11 is 1.24. The average molecular weight is 297 g/mol. The van der Waals surface area contributed by atoms with Crippen molar-refractivity contribution in [1.82, 2.24) is 15.1 Å². The van der Waals surface area contributed by atoms with E-state index < -0.39 is 5.00 Å². The summed E-state index contributed by atoms with van der Waals surface area (Å²) in [6.45, 7) is 6.53. The highest BCUT2D eigenvalue weighted by molar-refractivity contribution is 8.00. The topological polar surface area (TPSA) is 29.9 Å². The number of thioether (sulfide) groups is 1. The van der Waals surface area contributed by atoms with Gasteiger partial charge in [0.2, 0.25) is 0 Å². The minimum absolute atomic E-state index is 0.566. The van der Waals surface area contributed by atoms with Crippen LogP contribution in [0.1, 0.15) is 39.5 Å². The molecule has 2 fully saturated rings. The Bertz CT molecular complexity index is 460. The van der Waals surface area contributed by atoms with Crippen molar-refractivity contribution in [2.75, 3.05) is 13.1 Å². The van der Waals surface area contributed by atoms with Crippen molar-refractivity contribution in [3.8, 4) is 0 Å². The number of aromatic nitrogens is 2. The van der Waals surface area contributed by atoms with Crippen LogP contribution in [0.25, 0.3) is 0 Å². The third-order valence-electron chi connectivity index (χ3n) is 4.55. The van der Waals surface area contributed by atoms with Crippen molar-refractivity contribution < 1.29 is 4.39 Å². The van der Waals surface area contributed by atoms with E-state index in [-0.39, 0.29) is 0 Å². The van der Waals surface area contributed by atoms with Crippen molar-refractivity contribution in [3.05, 3.63) is 12.4 Å². The van der Waals surface area contributed by atoms with Gasteiger partial charge in [-0.05, 0) is 57.4 Å². The zero-order chi connectivity index (χ0) is 14.2. The molecule has 3 nitrogen and oxygen atoms in total. The van der Waals surface area contributed by atoms with Crippen LogP contribution in [-0.2, 0) is 6.54 Å². The fourth-order valence-electron chi connectivity index (χ4n) is 3.71. The lowest BCUT2D eigenvalue weighted by molar-refractivity contribution is 0.306. The van der Waals surface area contributed by atoms with Crippen LogP contribution in [0.15, 0.2) is 17.3 Å². The molecule has 1 N–H and O–H groups in total. The van der Waals surface area contributed by atoms with Crippen LogP contribution in [0.4, 0.5) is 4.39 Å². The smallest absolute Gasteiger partial charge is 0.155 e. The van der Waals surface area contributed by atoms with Crippen LogP contribution in [-0.4, -0.2) is 27.9 Å². The number of nitrogens with zero attached hydrogens (tertiary/aromatic N) is 2. The van der Waals surface area contributed by atoms with Gasteiger partial charge in [0, 0.05) is 24.2 Å². The van der Waals surface area contributed by atoms with Gasteiger partial charge in [0.05, 0.1) is 6.20 Å². The summed E-state index contributed by atoms with van der Waals surface area (Å²) in [4.78, 5) is 0.924. The molecule has 0 radical (unpaired) electrons. The molecule has 1 aliphatic heterocycles. The Kier molecular flexibility index (Phi) is 3.84. The van der Waals surface area contributed by atoms with Gasteiger partial charge in [-0.1, -0.05) is 11.8 Å². The second-order valence-corrected chi connectivity index (χ2v) is 8.55. The molecule has 0 bridgehead atoms. The van der Waals surface area contributed by atoms with Crippen LogP contribution in [0.5, 0.6) is 0 Å². The van der Waals surface area contributed by atoms with Crippen LogP contribution in [0.3, 0.4) is 0 Å². The minimum Gasteiger partial charge on any atom is -0.316 e. The highest BCUT2D eigenvalue weighted by Gasteiger charge is 2.41. The van der Waals surface area contributed by atoms with Gasteiger partial charge in [-0.2, -0.15) is 5.10 Å². The summed E-state index contributed by atoms with van der Waals surface area (Å²) in [6.07, 6.45) is 9.08. The molecule has 3 rings (SSSR count). The highest BCUT2D eigenvalue weighted by atomic mass is 32.2. The van der Waals surface area contributed by atoms with Gasteiger partial charge >= 0.3 is 0 Å². The van der Waals surface area contributed by atoms with E-state index in [1.54, 1.807) is 20.0 Å². The van der Waals surface area contributed by atoms with Gasteiger partial charge in [-0.3, -0.25) is 4.68 Å². The first-order chi connectivity index (χ1) is 9.44.